The van der Waals surface area contributed by atoms with Crippen molar-refractivity contribution in [1.82, 2.24) is 9.80 Å². The summed E-state index contributed by atoms with van der Waals surface area (Å²) in [6.45, 7) is 21.9. The SMILES string of the molecule is CC(C)C(=O)N1CCN2C(C(C)(C)C)=N[C@@H](C)C(C(C)(C)C)=C2C1. The first-order valence-corrected chi connectivity index (χ1v) is 9.22. The van der Waals surface area contributed by atoms with E-state index in [4.69, 9.17) is 4.99 Å². The molecule has 24 heavy (non-hydrogen) atoms. The Morgan fingerprint density at radius 2 is 1.67 bits per heavy atom. The Morgan fingerprint density at radius 1 is 1.08 bits per heavy atom. The van der Waals surface area contributed by atoms with Crippen molar-refractivity contribution in [3.63, 3.8) is 0 Å². The van der Waals surface area contributed by atoms with E-state index >= 15 is 0 Å². The molecule has 2 aliphatic heterocycles. The smallest absolute Gasteiger partial charge is 0.225 e. The van der Waals surface area contributed by atoms with E-state index in [0.717, 1.165) is 18.9 Å². The molecule has 0 aromatic rings. The molecule has 2 aliphatic rings. The van der Waals surface area contributed by atoms with Crippen LogP contribution in [0.1, 0.15) is 62.3 Å². The molecular formula is C20H35N3O. The van der Waals surface area contributed by atoms with Crippen LogP contribution in [0.15, 0.2) is 16.3 Å². The average molecular weight is 334 g/mol. The Morgan fingerprint density at radius 3 is 2.12 bits per heavy atom. The normalized spacial score (nSPS) is 22.8. The minimum atomic E-state index is 0.00709. The van der Waals surface area contributed by atoms with Crippen LogP contribution in [0.2, 0.25) is 0 Å². The van der Waals surface area contributed by atoms with E-state index in [1.54, 1.807) is 0 Å². The molecule has 0 N–H and O–H groups in total. The van der Waals surface area contributed by atoms with Crippen molar-refractivity contribution in [1.29, 1.82) is 0 Å². The molecule has 136 valence electrons. The summed E-state index contributed by atoms with van der Waals surface area (Å²) in [5, 5.41) is 0. The molecule has 1 fully saturated rings. The van der Waals surface area contributed by atoms with Gasteiger partial charge in [-0.25, -0.2) is 0 Å². The maximum absolute atomic E-state index is 12.5. The Balaban J connectivity index is 2.49. The first kappa shape index (κ1) is 19.0. The summed E-state index contributed by atoms with van der Waals surface area (Å²) in [7, 11) is 0. The fourth-order valence-corrected chi connectivity index (χ4v) is 3.94. The minimum absolute atomic E-state index is 0.00709. The molecule has 4 nitrogen and oxygen atoms in total. The summed E-state index contributed by atoms with van der Waals surface area (Å²) in [5.41, 5.74) is 2.73. The van der Waals surface area contributed by atoms with E-state index < -0.39 is 0 Å². The zero-order valence-corrected chi connectivity index (χ0v) is 17.0. The molecule has 1 saturated heterocycles. The summed E-state index contributed by atoms with van der Waals surface area (Å²) in [6.07, 6.45) is 0. The first-order valence-electron chi connectivity index (χ1n) is 9.22. The number of piperazine rings is 1. The monoisotopic (exact) mass is 333 g/mol. The molecule has 0 unspecified atom stereocenters. The van der Waals surface area contributed by atoms with Crippen molar-refractivity contribution in [2.24, 2.45) is 21.7 Å². The number of amides is 1. The van der Waals surface area contributed by atoms with Gasteiger partial charge >= 0.3 is 0 Å². The summed E-state index contributed by atoms with van der Waals surface area (Å²) in [5.74, 6) is 1.46. The van der Waals surface area contributed by atoms with E-state index in [-0.39, 0.29) is 28.7 Å². The summed E-state index contributed by atoms with van der Waals surface area (Å²) < 4.78 is 0. The zero-order chi connectivity index (χ0) is 18.4. The van der Waals surface area contributed by atoms with Crippen LogP contribution in [0.25, 0.3) is 0 Å². The maximum Gasteiger partial charge on any atom is 0.225 e. The largest absolute Gasteiger partial charge is 0.335 e. The van der Waals surface area contributed by atoms with E-state index in [2.05, 4.69) is 53.4 Å². The van der Waals surface area contributed by atoms with Gasteiger partial charge in [-0.2, -0.15) is 0 Å². The third-order valence-corrected chi connectivity index (χ3v) is 4.84. The van der Waals surface area contributed by atoms with Crippen LogP contribution < -0.4 is 0 Å². The minimum Gasteiger partial charge on any atom is -0.335 e. The number of carbonyl (C=O) groups excluding carboxylic acids is 1. The van der Waals surface area contributed by atoms with Gasteiger partial charge in [0.2, 0.25) is 5.91 Å². The van der Waals surface area contributed by atoms with Gasteiger partial charge in [0.1, 0.15) is 5.84 Å². The number of hydrogen-bond donors (Lipinski definition) is 0. The van der Waals surface area contributed by atoms with Crippen LogP contribution in [0.5, 0.6) is 0 Å². The molecule has 2 rings (SSSR count). The quantitative estimate of drug-likeness (QED) is 0.729. The highest BCUT2D eigenvalue weighted by molar-refractivity contribution is 5.91. The van der Waals surface area contributed by atoms with Crippen LogP contribution >= 0.6 is 0 Å². The topological polar surface area (TPSA) is 35.9 Å². The fraction of sp³-hybridized carbons (Fsp3) is 0.800. The van der Waals surface area contributed by atoms with Crippen molar-refractivity contribution in [2.75, 3.05) is 19.6 Å². The van der Waals surface area contributed by atoms with Gasteiger partial charge in [-0.05, 0) is 17.9 Å². The van der Waals surface area contributed by atoms with Gasteiger partial charge in [-0.1, -0.05) is 55.4 Å². The molecule has 1 atom stereocenters. The third-order valence-electron chi connectivity index (χ3n) is 4.84. The molecule has 2 heterocycles. The highest BCUT2D eigenvalue weighted by Crippen LogP contribution is 2.40. The van der Waals surface area contributed by atoms with Crippen LogP contribution in [-0.4, -0.2) is 47.2 Å². The van der Waals surface area contributed by atoms with Gasteiger partial charge in [0.25, 0.3) is 0 Å². The lowest BCUT2D eigenvalue weighted by Crippen LogP contribution is -2.55. The number of carbonyl (C=O) groups is 1. The second-order valence-corrected chi connectivity index (χ2v) is 9.56. The Bertz CT molecular complexity index is 573. The van der Waals surface area contributed by atoms with Crippen LogP contribution in [0.4, 0.5) is 0 Å². The van der Waals surface area contributed by atoms with E-state index in [1.807, 2.05) is 18.7 Å². The van der Waals surface area contributed by atoms with Crippen LogP contribution in [0, 0.1) is 16.7 Å². The molecule has 4 heteroatoms. The van der Waals surface area contributed by atoms with Gasteiger partial charge in [0.15, 0.2) is 0 Å². The lowest BCUT2D eigenvalue weighted by atomic mass is 9.78. The number of nitrogens with zero attached hydrogens (tertiary/aromatic N) is 3. The molecule has 0 aromatic heterocycles. The van der Waals surface area contributed by atoms with Gasteiger partial charge in [-0.15, -0.1) is 0 Å². The van der Waals surface area contributed by atoms with Crippen molar-refractivity contribution in [2.45, 2.75) is 68.4 Å². The molecule has 1 amide bonds. The maximum atomic E-state index is 12.5. The summed E-state index contributed by atoms with van der Waals surface area (Å²) in [6, 6.07) is 0.166. The Hall–Kier alpha value is -1.32. The van der Waals surface area contributed by atoms with Crippen LogP contribution in [-0.2, 0) is 4.79 Å². The first-order chi connectivity index (χ1) is 10.8. The molecule has 0 spiro atoms. The van der Waals surface area contributed by atoms with Crippen molar-refractivity contribution in [3.8, 4) is 0 Å². The molecular weight excluding hydrogens is 298 g/mol. The van der Waals surface area contributed by atoms with Crippen molar-refractivity contribution >= 4 is 11.7 Å². The number of amidine groups is 1. The highest BCUT2D eigenvalue weighted by atomic mass is 16.2. The number of rotatable bonds is 1. The predicted octanol–water partition coefficient (Wildman–Crippen LogP) is 3.93. The number of fused-ring (bicyclic) bond motifs is 1. The van der Waals surface area contributed by atoms with Gasteiger partial charge < -0.3 is 9.80 Å². The molecule has 0 radical (unpaired) electrons. The predicted molar refractivity (Wildman–Crippen MR) is 101 cm³/mol. The number of aliphatic imine (C=N–C) groups is 1. The van der Waals surface area contributed by atoms with Gasteiger partial charge in [0.05, 0.1) is 12.6 Å². The Kier molecular flexibility index (Phi) is 4.91. The van der Waals surface area contributed by atoms with Gasteiger partial charge in [0, 0.05) is 30.1 Å². The van der Waals surface area contributed by atoms with Crippen molar-refractivity contribution in [3.05, 3.63) is 11.3 Å². The second-order valence-electron chi connectivity index (χ2n) is 9.56. The second kappa shape index (κ2) is 6.20. The summed E-state index contributed by atoms with van der Waals surface area (Å²) >= 11 is 0. The lowest BCUT2D eigenvalue weighted by molar-refractivity contribution is -0.135. The van der Waals surface area contributed by atoms with Crippen LogP contribution in [0.3, 0.4) is 0 Å². The standard InChI is InChI=1S/C20H35N3O/c1-13(2)17(24)22-10-11-23-15(12-22)16(19(4,5)6)14(3)21-18(23)20(7,8)9/h13-14H,10-12H2,1-9H3/t14-/m0/s1. The summed E-state index contributed by atoms with van der Waals surface area (Å²) in [4.78, 5) is 22.0. The fourth-order valence-electron chi connectivity index (χ4n) is 3.94. The van der Waals surface area contributed by atoms with Gasteiger partial charge in [-0.3, -0.25) is 9.79 Å². The average Bonchev–Trinajstić information content (AvgIpc) is 2.42. The van der Waals surface area contributed by atoms with E-state index in [9.17, 15) is 4.79 Å². The molecule has 0 saturated carbocycles. The van der Waals surface area contributed by atoms with Crippen molar-refractivity contribution < 1.29 is 4.79 Å². The molecule has 0 aromatic carbocycles. The lowest BCUT2D eigenvalue weighted by Gasteiger charge is -2.48. The third kappa shape index (κ3) is 3.52. The molecule has 0 aliphatic carbocycles. The highest BCUT2D eigenvalue weighted by Gasteiger charge is 2.40. The van der Waals surface area contributed by atoms with E-state index in [0.29, 0.717) is 6.54 Å². The Labute approximate surface area is 148 Å². The zero-order valence-electron chi connectivity index (χ0n) is 17.0. The number of hydrogen-bond acceptors (Lipinski definition) is 3. The molecule has 0 bridgehead atoms. The van der Waals surface area contributed by atoms with E-state index in [1.165, 1.54) is 11.3 Å².